The van der Waals surface area contributed by atoms with Crippen LogP contribution in [0.2, 0.25) is 0 Å². The number of piperidine rings is 1. The van der Waals surface area contributed by atoms with Crippen LogP contribution in [0.5, 0.6) is 0 Å². The molecule has 0 aliphatic carbocycles. The molecule has 16 heavy (non-hydrogen) atoms. The molecule has 1 aliphatic heterocycles. The summed E-state index contributed by atoms with van der Waals surface area (Å²) in [5, 5.41) is 12.6. The van der Waals surface area contributed by atoms with Crippen LogP contribution < -0.4 is 5.32 Å². The molecule has 1 rings (SSSR count). The molecule has 0 amide bonds. The predicted molar refractivity (Wildman–Crippen MR) is 57.9 cm³/mol. The topological polar surface area (TPSA) is 77.0 Å². The van der Waals surface area contributed by atoms with Crippen LogP contribution in [0, 0.1) is 0 Å². The Kier molecular flexibility index (Phi) is 8.10. The maximum Gasteiger partial charge on any atom is 0.293 e. The number of methoxy groups -OCH3 is 2. The second-order valence-electron chi connectivity index (χ2n) is 3.24. The second kappa shape index (κ2) is 8.46. The van der Waals surface area contributed by atoms with Gasteiger partial charge in [-0.1, -0.05) is 0 Å². The zero-order valence-electron chi connectivity index (χ0n) is 10.1. The third-order valence-electron chi connectivity index (χ3n) is 2.42. The summed E-state index contributed by atoms with van der Waals surface area (Å²) in [6.07, 6.45) is 0.104. The molecular formula is C10H21NO5. The van der Waals surface area contributed by atoms with Crippen molar-refractivity contribution in [1.29, 1.82) is 0 Å². The summed E-state index contributed by atoms with van der Waals surface area (Å²) in [5.41, 5.74) is 0. The lowest BCUT2D eigenvalue weighted by Crippen LogP contribution is -2.56. The molecule has 0 radical (unpaired) electrons. The molecule has 2 N–H and O–H groups in total. The van der Waals surface area contributed by atoms with Crippen molar-refractivity contribution in [1.82, 2.24) is 5.32 Å². The summed E-state index contributed by atoms with van der Waals surface area (Å²) in [6, 6.07) is 0. The van der Waals surface area contributed by atoms with Gasteiger partial charge in [0.1, 0.15) is 6.10 Å². The Morgan fingerprint density at radius 1 is 1.50 bits per heavy atom. The van der Waals surface area contributed by atoms with Crippen LogP contribution in [0.1, 0.15) is 13.3 Å². The molecule has 96 valence electrons. The minimum atomic E-state index is -0.786. The van der Waals surface area contributed by atoms with Gasteiger partial charge in [0.15, 0.2) is 5.79 Å². The van der Waals surface area contributed by atoms with E-state index >= 15 is 0 Å². The third-order valence-corrected chi connectivity index (χ3v) is 2.42. The van der Waals surface area contributed by atoms with Crippen LogP contribution >= 0.6 is 0 Å². The Morgan fingerprint density at radius 3 is 2.38 bits per heavy atom. The Bertz CT molecular complexity index is 184. The number of hydrogen-bond acceptors (Lipinski definition) is 6. The fraction of sp³-hybridized carbons (Fsp3) is 0.900. The van der Waals surface area contributed by atoms with Crippen molar-refractivity contribution in [2.24, 2.45) is 0 Å². The molecule has 6 heteroatoms. The van der Waals surface area contributed by atoms with Gasteiger partial charge < -0.3 is 24.6 Å². The SMILES string of the molecule is CCOC=O.COC1(OC)CCNCC1O. The molecule has 1 aliphatic rings. The first-order valence-corrected chi connectivity index (χ1v) is 5.21. The zero-order valence-corrected chi connectivity index (χ0v) is 10.1. The van der Waals surface area contributed by atoms with Gasteiger partial charge in [0.05, 0.1) is 6.61 Å². The summed E-state index contributed by atoms with van der Waals surface area (Å²) in [4.78, 5) is 9.18. The molecule has 6 nitrogen and oxygen atoms in total. The van der Waals surface area contributed by atoms with Crippen LogP contribution in [0.3, 0.4) is 0 Å². The maximum atomic E-state index is 9.51. The average molecular weight is 235 g/mol. The van der Waals surface area contributed by atoms with Gasteiger partial charge in [0.2, 0.25) is 0 Å². The molecule has 0 aromatic carbocycles. The first-order valence-electron chi connectivity index (χ1n) is 5.21. The van der Waals surface area contributed by atoms with Gasteiger partial charge in [-0.2, -0.15) is 0 Å². The molecule has 1 fully saturated rings. The molecule has 1 saturated heterocycles. The lowest BCUT2D eigenvalue weighted by Gasteiger charge is -2.38. The van der Waals surface area contributed by atoms with Crippen molar-refractivity contribution >= 4 is 6.47 Å². The minimum absolute atomic E-state index is 0.431. The molecule has 0 aromatic heterocycles. The molecule has 0 aromatic rings. The number of carbonyl (C=O) groups is 1. The molecular weight excluding hydrogens is 214 g/mol. The first kappa shape index (κ1) is 15.3. The number of aliphatic hydroxyl groups excluding tert-OH is 1. The van der Waals surface area contributed by atoms with E-state index in [0.717, 1.165) is 6.54 Å². The number of β-amino-alcohol motifs (C(OH)–C–C–N with tert-alkyl or cyclic N) is 1. The Hall–Kier alpha value is -0.690. The lowest BCUT2D eigenvalue weighted by molar-refractivity contribution is -0.267. The van der Waals surface area contributed by atoms with Gasteiger partial charge >= 0.3 is 0 Å². The van der Waals surface area contributed by atoms with Crippen LogP contribution in [0.25, 0.3) is 0 Å². The van der Waals surface area contributed by atoms with Crippen molar-refractivity contribution in [2.75, 3.05) is 33.9 Å². The normalized spacial score (nSPS) is 22.9. The fourth-order valence-corrected chi connectivity index (χ4v) is 1.45. The number of rotatable bonds is 4. The van der Waals surface area contributed by atoms with Gasteiger partial charge in [-0.05, 0) is 6.92 Å². The summed E-state index contributed by atoms with van der Waals surface area (Å²) in [5.74, 6) is -0.786. The highest BCUT2D eigenvalue weighted by Crippen LogP contribution is 2.22. The number of aliphatic hydroxyl groups is 1. The van der Waals surface area contributed by atoms with Crippen molar-refractivity contribution in [2.45, 2.75) is 25.2 Å². The molecule has 1 unspecified atom stereocenters. The molecule has 0 saturated carbocycles. The van der Waals surface area contributed by atoms with Crippen LogP contribution in [0.4, 0.5) is 0 Å². The van der Waals surface area contributed by atoms with Crippen molar-refractivity contribution in [3.63, 3.8) is 0 Å². The predicted octanol–water partition coefficient (Wildman–Crippen LogP) is -0.491. The van der Waals surface area contributed by atoms with E-state index < -0.39 is 11.9 Å². The monoisotopic (exact) mass is 235 g/mol. The number of carbonyl (C=O) groups excluding carboxylic acids is 1. The highest BCUT2D eigenvalue weighted by molar-refractivity contribution is 5.36. The van der Waals surface area contributed by atoms with Crippen LogP contribution in [-0.4, -0.2) is 57.4 Å². The number of hydrogen-bond donors (Lipinski definition) is 2. The molecule has 0 bridgehead atoms. The van der Waals surface area contributed by atoms with E-state index in [1.165, 1.54) is 0 Å². The van der Waals surface area contributed by atoms with E-state index in [0.29, 0.717) is 26.0 Å². The smallest absolute Gasteiger partial charge is 0.293 e. The highest BCUT2D eigenvalue weighted by atomic mass is 16.7. The van der Waals surface area contributed by atoms with E-state index in [1.54, 1.807) is 21.1 Å². The molecule has 1 atom stereocenters. The summed E-state index contributed by atoms with van der Waals surface area (Å²) in [7, 11) is 3.11. The van der Waals surface area contributed by atoms with Crippen LogP contribution in [-0.2, 0) is 19.0 Å². The Labute approximate surface area is 95.9 Å². The van der Waals surface area contributed by atoms with E-state index in [-0.39, 0.29) is 0 Å². The lowest BCUT2D eigenvalue weighted by atomic mass is 10.0. The summed E-state index contributed by atoms with van der Waals surface area (Å²) in [6.45, 7) is 4.01. The maximum absolute atomic E-state index is 9.51. The van der Waals surface area contributed by atoms with Crippen LogP contribution in [0.15, 0.2) is 0 Å². The van der Waals surface area contributed by atoms with Crippen molar-refractivity contribution in [3.8, 4) is 0 Å². The van der Waals surface area contributed by atoms with Gasteiger partial charge in [0.25, 0.3) is 6.47 Å². The van der Waals surface area contributed by atoms with Crippen molar-refractivity contribution in [3.05, 3.63) is 0 Å². The summed E-state index contributed by atoms with van der Waals surface area (Å²) >= 11 is 0. The van der Waals surface area contributed by atoms with Gasteiger partial charge in [0, 0.05) is 33.7 Å². The number of nitrogens with one attached hydrogen (secondary N) is 1. The van der Waals surface area contributed by atoms with E-state index in [4.69, 9.17) is 9.47 Å². The third kappa shape index (κ3) is 4.44. The quantitative estimate of drug-likeness (QED) is 0.506. The number of ether oxygens (including phenoxy) is 3. The fourth-order valence-electron chi connectivity index (χ4n) is 1.45. The Balaban J connectivity index is 0.000000385. The van der Waals surface area contributed by atoms with E-state index in [9.17, 15) is 9.90 Å². The highest BCUT2D eigenvalue weighted by Gasteiger charge is 2.40. The van der Waals surface area contributed by atoms with Gasteiger partial charge in [-0.15, -0.1) is 0 Å². The standard InChI is InChI=1S/C7H15NO3.C3H6O2/c1-10-7(11-2)3-4-8-5-6(7)9;1-2-5-3-4/h6,8-9H,3-5H2,1-2H3;3H,2H2,1H3. The summed E-state index contributed by atoms with van der Waals surface area (Å²) < 4.78 is 14.4. The molecule has 1 heterocycles. The zero-order chi connectivity index (χ0) is 12.4. The first-order chi connectivity index (χ1) is 7.66. The van der Waals surface area contributed by atoms with Gasteiger partial charge in [-0.25, -0.2) is 0 Å². The molecule has 0 spiro atoms. The van der Waals surface area contributed by atoms with E-state index in [2.05, 4.69) is 10.1 Å². The largest absolute Gasteiger partial charge is 0.468 e. The average Bonchev–Trinajstić information content (AvgIpc) is 2.32. The minimum Gasteiger partial charge on any atom is -0.468 e. The van der Waals surface area contributed by atoms with Gasteiger partial charge in [-0.3, -0.25) is 4.79 Å². The Morgan fingerprint density at radius 2 is 2.12 bits per heavy atom. The second-order valence-corrected chi connectivity index (χ2v) is 3.24. The van der Waals surface area contributed by atoms with E-state index in [1.807, 2.05) is 0 Å². The van der Waals surface area contributed by atoms with Crippen molar-refractivity contribution < 1.29 is 24.1 Å².